The number of carbonyl (C=O) groups is 1. The average molecular weight is 212 g/mol. The molecular formula is C10H13FN2O2. The predicted molar refractivity (Wildman–Crippen MR) is 54.0 cm³/mol. The fourth-order valence-electron chi connectivity index (χ4n) is 1.16. The number of hydrogen-bond acceptors (Lipinski definition) is 3. The van der Waals surface area contributed by atoms with Gasteiger partial charge in [-0.25, -0.2) is 9.18 Å². The molecule has 0 amide bonds. The van der Waals surface area contributed by atoms with Crippen molar-refractivity contribution in [1.82, 2.24) is 4.57 Å². The molecule has 0 saturated heterocycles. The maximum Gasteiger partial charge on any atom is 0.339 e. The minimum absolute atomic E-state index is 0.155. The van der Waals surface area contributed by atoms with Gasteiger partial charge < -0.3 is 15.0 Å². The predicted octanol–water partition coefficient (Wildman–Crippen LogP) is 1.09. The summed E-state index contributed by atoms with van der Waals surface area (Å²) < 4.78 is 18.4. The van der Waals surface area contributed by atoms with Gasteiger partial charge in [0.25, 0.3) is 0 Å². The van der Waals surface area contributed by atoms with E-state index in [1.165, 1.54) is 7.11 Å². The summed E-state index contributed by atoms with van der Waals surface area (Å²) in [6.07, 6.45) is 3.74. The summed E-state index contributed by atoms with van der Waals surface area (Å²) in [6, 6.07) is 1.61. The molecule has 0 aromatic carbocycles. The van der Waals surface area contributed by atoms with Crippen LogP contribution in [0.2, 0.25) is 0 Å². The lowest BCUT2D eigenvalue weighted by Gasteiger charge is -2.03. The highest BCUT2D eigenvalue weighted by molar-refractivity contribution is 5.89. The van der Waals surface area contributed by atoms with E-state index in [4.69, 9.17) is 5.73 Å². The van der Waals surface area contributed by atoms with Crippen molar-refractivity contribution in [1.29, 1.82) is 0 Å². The van der Waals surface area contributed by atoms with Crippen molar-refractivity contribution >= 4 is 5.97 Å². The number of rotatable bonds is 4. The molecule has 0 atom stereocenters. The third-order valence-corrected chi connectivity index (χ3v) is 1.97. The van der Waals surface area contributed by atoms with E-state index in [2.05, 4.69) is 4.74 Å². The summed E-state index contributed by atoms with van der Waals surface area (Å²) in [5, 5.41) is 0. The van der Waals surface area contributed by atoms with Gasteiger partial charge in [-0.2, -0.15) is 0 Å². The summed E-state index contributed by atoms with van der Waals surface area (Å²) in [6.45, 7) is 0.492. The highest BCUT2D eigenvalue weighted by Crippen LogP contribution is 2.06. The van der Waals surface area contributed by atoms with Gasteiger partial charge in [-0.3, -0.25) is 0 Å². The normalized spacial score (nSPS) is 11.5. The Hall–Kier alpha value is -1.62. The second-order valence-electron chi connectivity index (χ2n) is 3.04. The lowest BCUT2D eigenvalue weighted by molar-refractivity contribution is 0.0600. The molecule has 15 heavy (non-hydrogen) atoms. The maximum atomic E-state index is 12.2. The highest BCUT2D eigenvalue weighted by atomic mass is 19.1. The molecule has 0 unspecified atom stereocenters. The summed E-state index contributed by atoms with van der Waals surface area (Å²) in [5.74, 6) is -0.410. The van der Waals surface area contributed by atoms with Crippen LogP contribution in [0.3, 0.4) is 0 Å². The Morgan fingerprint density at radius 3 is 3.00 bits per heavy atom. The Kier molecular flexibility index (Phi) is 4.05. The van der Waals surface area contributed by atoms with E-state index in [1.807, 2.05) is 0 Å². The van der Waals surface area contributed by atoms with Gasteiger partial charge in [0.15, 0.2) is 0 Å². The molecule has 0 aliphatic carbocycles. The fourth-order valence-corrected chi connectivity index (χ4v) is 1.16. The molecule has 0 saturated carbocycles. The molecular weight excluding hydrogens is 199 g/mol. The molecule has 1 rings (SSSR count). The molecule has 2 N–H and O–H groups in total. The Bertz CT molecular complexity index is 371. The van der Waals surface area contributed by atoms with E-state index < -0.39 is 5.97 Å². The fraction of sp³-hybridized carbons (Fsp3) is 0.300. The molecule has 82 valence electrons. The van der Waals surface area contributed by atoms with Gasteiger partial charge in [0, 0.05) is 25.5 Å². The molecule has 5 heteroatoms. The third kappa shape index (κ3) is 2.92. The number of hydrogen-bond donors (Lipinski definition) is 1. The second kappa shape index (κ2) is 5.31. The van der Waals surface area contributed by atoms with Crippen LogP contribution >= 0.6 is 0 Å². The number of esters is 1. The van der Waals surface area contributed by atoms with Crippen molar-refractivity contribution in [3.05, 3.63) is 35.9 Å². The number of nitrogens with two attached hydrogens (primary N) is 1. The van der Waals surface area contributed by atoms with E-state index in [-0.39, 0.29) is 6.54 Å². The van der Waals surface area contributed by atoms with E-state index >= 15 is 0 Å². The van der Waals surface area contributed by atoms with Gasteiger partial charge in [0.05, 0.1) is 19.0 Å². The first-order valence-corrected chi connectivity index (χ1v) is 4.43. The number of ether oxygens (including phenoxy) is 1. The average Bonchev–Trinajstić information content (AvgIpc) is 2.73. The molecule has 0 radical (unpaired) electrons. The van der Waals surface area contributed by atoms with Gasteiger partial charge in [-0.05, 0) is 11.6 Å². The quantitative estimate of drug-likeness (QED) is 0.760. The summed E-state index contributed by atoms with van der Waals surface area (Å²) in [5.41, 5.74) is 6.21. The van der Waals surface area contributed by atoms with Crippen molar-refractivity contribution in [2.24, 2.45) is 5.73 Å². The smallest absolute Gasteiger partial charge is 0.339 e. The molecule has 0 fully saturated rings. The number of halogens is 1. The Morgan fingerprint density at radius 2 is 2.47 bits per heavy atom. The Balaban J connectivity index is 2.72. The Labute approximate surface area is 87.1 Å². The van der Waals surface area contributed by atoms with Crippen LogP contribution in [0.1, 0.15) is 10.4 Å². The van der Waals surface area contributed by atoms with Gasteiger partial charge in [0.2, 0.25) is 0 Å². The van der Waals surface area contributed by atoms with Crippen molar-refractivity contribution in [2.45, 2.75) is 6.54 Å². The molecule has 0 aliphatic rings. The standard InChI is InChI=1S/C10H13FN2O2/c1-15-10(14)9-2-3-13(7-9)6-8(4-11)5-12/h2-4,7H,5-6,12H2,1H3/b8-4+. The summed E-state index contributed by atoms with van der Waals surface area (Å²) in [4.78, 5) is 11.1. The SMILES string of the molecule is COC(=O)c1ccn(C/C(=C/F)CN)c1. The lowest BCUT2D eigenvalue weighted by atomic mass is 10.3. The van der Waals surface area contributed by atoms with Crippen LogP contribution in [0.5, 0.6) is 0 Å². The van der Waals surface area contributed by atoms with Crippen molar-refractivity contribution in [3.8, 4) is 0 Å². The monoisotopic (exact) mass is 212 g/mol. The van der Waals surface area contributed by atoms with Crippen LogP contribution in [0, 0.1) is 0 Å². The molecule has 0 bridgehead atoms. The van der Waals surface area contributed by atoms with Crippen molar-refractivity contribution in [3.63, 3.8) is 0 Å². The molecule has 0 spiro atoms. The minimum atomic E-state index is -0.410. The molecule has 1 heterocycles. The largest absolute Gasteiger partial charge is 0.465 e. The molecule has 1 aromatic heterocycles. The van der Waals surface area contributed by atoms with Crippen LogP contribution in [0.15, 0.2) is 30.4 Å². The van der Waals surface area contributed by atoms with E-state index in [0.29, 0.717) is 24.0 Å². The van der Waals surface area contributed by atoms with Gasteiger partial charge in [-0.1, -0.05) is 0 Å². The molecule has 0 aliphatic heterocycles. The summed E-state index contributed by atoms with van der Waals surface area (Å²) >= 11 is 0. The first-order chi connectivity index (χ1) is 7.21. The number of carbonyl (C=O) groups excluding carboxylic acids is 1. The van der Waals surface area contributed by atoms with Crippen LogP contribution in [-0.4, -0.2) is 24.2 Å². The molecule has 1 aromatic rings. The first-order valence-electron chi connectivity index (χ1n) is 4.43. The van der Waals surface area contributed by atoms with Crippen LogP contribution in [-0.2, 0) is 11.3 Å². The van der Waals surface area contributed by atoms with E-state index in [0.717, 1.165) is 0 Å². The van der Waals surface area contributed by atoms with Crippen LogP contribution in [0.25, 0.3) is 0 Å². The van der Waals surface area contributed by atoms with Crippen LogP contribution < -0.4 is 5.73 Å². The highest BCUT2D eigenvalue weighted by Gasteiger charge is 2.07. The van der Waals surface area contributed by atoms with Crippen LogP contribution in [0.4, 0.5) is 4.39 Å². The van der Waals surface area contributed by atoms with Gasteiger partial charge >= 0.3 is 5.97 Å². The van der Waals surface area contributed by atoms with Crippen molar-refractivity contribution in [2.75, 3.05) is 13.7 Å². The van der Waals surface area contributed by atoms with E-state index in [1.54, 1.807) is 23.0 Å². The zero-order chi connectivity index (χ0) is 11.3. The number of nitrogens with zero attached hydrogens (tertiary/aromatic N) is 1. The number of aromatic nitrogens is 1. The van der Waals surface area contributed by atoms with Gasteiger partial charge in [-0.15, -0.1) is 0 Å². The zero-order valence-electron chi connectivity index (χ0n) is 8.44. The first kappa shape index (κ1) is 11.5. The minimum Gasteiger partial charge on any atom is -0.465 e. The maximum absolute atomic E-state index is 12.2. The van der Waals surface area contributed by atoms with Crippen molar-refractivity contribution < 1.29 is 13.9 Å². The van der Waals surface area contributed by atoms with Gasteiger partial charge in [0.1, 0.15) is 0 Å². The van der Waals surface area contributed by atoms with E-state index in [9.17, 15) is 9.18 Å². The topological polar surface area (TPSA) is 57.2 Å². The third-order valence-electron chi connectivity index (χ3n) is 1.97. The Morgan fingerprint density at radius 1 is 1.73 bits per heavy atom. The summed E-state index contributed by atoms with van der Waals surface area (Å²) in [7, 11) is 1.31. The second-order valence-corrected chi connectivity index (χ2v) is 3.04. The zero-order valence-corrected chi connectivity index (χ0v) is 8.44. The molecule has 4 nitrogen and oxygen atoms in total. The lowest BCUT2D eigenvalue weighted by Crippen LogP contribution is -2.09. The number of methoxy groups -OCH3 is 1.